The van der Waals surface area contributed by atoms with E-state index in [2.05, 4.69) is 21.8 Å². The maximum absolute atomic E-state index is 11.1. The molecule has 22 heavy (non-hydrogen) atoms. The average molecular weight is 327 g/mol. The SMILES string of the molecule is CCCCc1cc(N2CCCC(N(C)C(=O)O)C2)nc(Cl)n1. The molecule has 0 bridgehead atoms. The van der Waals surface area contributed by atoms with Crippen LogP contribution in [0.4, 0.5) is 10.6 Å². The molecule has 1 aromatic rings. The molecule has 1 saturated heterocycles. The van der Waals surface area contributed by atoms with Crippen molar-refractivity contribution in [1.29, 1.82) is 0 Å². The van der Waals surface area contributed by atoms with E-state index in [4.69, 9.17) is 16.7 Å². The zero-order valence-corrected chi connectivity index (χ0v) is 13.9. The van der Waals surface area contributed by atoms with Gasteiger partial charge in [-0.25, -0.2) is 14.8 Å². The van der Waals surface area contributed by atoms with E-state index in [0.717, 1.165) is 50.2 Å². The van der Waals surface area contributed by atoms with Crippen LogP contribution in [0.5, 0.6) is 0 Å². The van der Waals surface area contributed by atoms with Crippen LogP contribution in [0.15, 0.2) is 6.07 Å². The third-order valence-corrected chi connectivity index (χ3v) is 4.26. The minimum atomic E-state index is -0.892. The first kappa shape index (κ1) is 16.8. The highest BCUT2D eigenvalue weighted by Crippen LogP contribution is 2.23. The number of carbonyl (C=O) groups is 1. The highest BCUT2D eigenvalue weighted by molar-refractivity contribution is 6.28. The molecule has 1 atom stereocenters. The van der Waals surface area contributed by atoms with Gasteiger partial charge in [-0.3, -0.25) is 0 Å². The Morgan fingerprint density at radius 2 is 2.32 bits per heavy atom. The Kier molecular flexibility index (Phi) is 5.83. The van der Waals surface area contributed by atoms with Gasteiger partial charge in [0.05, 0.1) is 6.04 Å². The molecule has 1 aromatic heterocycles. The normalized spacial score (nSPS) is 18.3. The van der Waals surface area contributed by atoms with E-state index in [-0.39, 0.29) is 11.3 Å². The number of hydrogen-bond acceptors (Lipinski definition) is 4. The van der Waals surface area contributed by atoms with Crippen LogP contribution in [-0.2, 0) is 6.42 Å². The molecule has 1 aliphatic heterocycles. The van der Waals surface area contributed by atoms with Crippen LogP contribution in [0, 0.1) is 0 Å². The van der Waals surface area contributed by atoms with Gasteiger partial charge in [-0.1, -0.05) is 13.3 Å². The molecule has 1 fully saturated rings. The number of carboxylic acid groups (broad SMARTS) is 1. The first-order valence-corrected chi connectivity index (χ1v) is 8.13. The summed E-state index contributed by atoms with van der Waals surface area (Å²) in [6, 6.07) is 1.96. The van der Waals surface area contributed by atoms with E-state index in [1.165, 1.54) is 4.90 Å². The summed E-state index contributed by atoms with van der Waals surface area (Å²) in [5, 5.41) is 9.40. The molecule has 0 spiro atoms. The number of piperidine rings is 1. The third kappa shape index (κ3) is 4.22. The minimum absolute atomic E-state index is 0.0147. The molecular weight excluding hydrogens is 304 g/mol. The molecule has 0 aromatic carbocycles. The van der Waals surface area contributed by atoms with Gasteiger partial charge in [-0.2, -0.15) is 0 Å². The lowest BCUT2D eigenvalue weighted by atomic mass is 10.0. The number of anilines is 1. The molecule has 1 amide bonds. The second kappa shape index (κ2) is 7.63. The number of rotatable bonds is 5. The van der Waals surface area contributed by atoms with E-state index < -0.39 is 6.09 Å². The quantitative estimate of drug-likeness (QED) is 0.842. The van der Waals surface area contributed by atoms with Crippen LogP contribution in [0.3, 0.4) is 0 Å². The number of nitrogens with zero attached hydrogens (tertiary/aromatic N) is 4. The average Bonchev–Trinajstić information content (AvgIpc) is 2.51. The van der Waals surface area contributed by atoms with Crippen molar-refractivity contribution in [2.45, 2.75) is 45.1 Å². The highest BCUT2D eigenvalue weighted by Gasteiger charge is 2.26. The van der Waals surface area contributed by atoms with Crippen LogP contribution < -0.4 is 4.90 Å². The van der Waals surface area contributed by atoms with Crippen molar-refractivity contribution in [3.05, 3.63) is 17.0 Å². The van der Waals surface area contributed by atoms with Crippen molar-refractivity contribution >= 4 is 23.5 Å². The van der Waals surface area contributed by atoms with Gasteiger partial charge in [0.15, 0.2) is 0 Å². The van der Waals surface area contributed by atoms with Gasteiger partial charge in [-0.05, 0) is 37.3 Å². The third-order valence-electron chi connectivity index (χ3n) is 4.09. The minimum Gasteiger partial charge on any atom is -0.465 e. The first-order valence-electron chi connectivity index (χ1n) is 7.75. The molecule has 0 radical (unpaired) electrons. The van der Waals surface area contributed by atoms with Gasteiger partial charge in [-0.15, -0.1) is 0 Å². The van der Waals surface area contributed by atoms with Crippen LogP contribution in [0.2, 0.25) is 5.28 Å². The summed E-state index contributed by atoms with van der Waals surface area (Å²) < 4.78 is 0. The second-order valence-electron chi connectivity index (χ2n) is 5.73. The van der Waals surface area contributed by atoms with Crippen molar-refractivity contribution in [3.63, 3.8) is 0 Å². The molecular formula is C15H23ClN4O2. The van der Waals surface area contributed by atoms with Crippen molar-refractivity contribution in [2.75, 3.05) is 25.0 Å². The standard InChI is InChI=1S/C15H23ClN4O2/c1-3-4-6-11-9-13(18-14(16)17-11)20-8-5-7-12(10-20)19(2)15(21)22/h9,12H,3-8,10H2,1-2H3,(H,21,22). The van der Waals surface area contributed by atoms with Crippen LogP contribution in [0.25, 0.3) is 0 Å². The molecule has 2 rings (SSSR count). The van der Waals surface area contributed by atoms with E-state index >= 15 is 0 Å². The Morgan fingerprint density at radius 3 is 3.00 bits per heavy atom. The zero-order valence-electron chi connectivity index (χ0n) is 13.1. The molecule has 2 heterocycles. The molecule has 122 valence electrons. The summed E-state index contributed by atoms with van der Waals surface area (Å²) in [6.07, 6.45) is 3.98. The first-order chi connectivity index (χ1) is 10.5. The summed E-state index contributed by atoms with van der Waals surface area (Å²) in [4.78, 5) is 23.2. The topological polar surface area (TPSA) is 69.6 Å². The lowest BCUT2D eigenvalue weighted by molar-refractivity contribution is 0.133. The number of halogens is 1. The maximum atomic E-state index is 11.1. The predicted octanol–water partition coefficient (Wildman–Crippen LogP) is 3.05. The van der Waals surface area contributed by atoms with Crippen LogP contribution in [-0.4, -0.2) is 52.2 Å². The number of amides is 1. The molecule has 7 heteroatoms. The number of likely N-dealkylation sites (N-methyl/N-ethyl adjacent to an activating group) is 1. The van der Waals surface area contributed by atoms with E-state index in [1.807, 2.05) is 6.07 Å². The fourth-order valence-corrected chi connectivity index (χ4v) is 2.93. The number of unbranched alkanes of at least 4 members (excludes halogenated alkanes) is 1. The van der Waals surface area contributed by atoms with Gasteiger partial charge in [0.1, 0.15) is 5.82 Å². The Hall–Kier alpha value is -1.56. The van der Waals surface area contributed by atoms with Gasteiger partial charge >= 0.3 is 6.09 Å². The summed E-state index contributed by atoms with van der Waals surface area (Å²) >= 11 is 6.04. The Morgan fingerprint density at radius 1 is 1.55 bits per heavy atom. The molecule has 0 saturated carbocycles. The van der Waals surface area contributed by atoms with E-state index in [0.29, 0.717) is 6.54 Å². The smallest absolute Gasteiger partial charge is 0.407 e. The zero-order chi connectivity index (χ0) is 16.1. The van der Waals surface area contributed by atoms with E-state index in [9.17, 15) is 4.79 Å². The van der Waals surface area contributed by atoms with Crippen LogP contribution >= 0.6 is 11.6 Å². The molecule has 0 aliphatic carbocycles. The largest absolute Gasteiger partial charge is 0.465 e. The van der Waals surface area contributed by atoms with Crippen LogP contribution in [0.1, 0.15) is 38.3 Å². The van der Waals surface area contributed by atoms with Gasteiger partial charge in [0.25, 0.3) is 0 Å². The predicted molar refractivity (Wildman–Crippen MR) is 86.7 cm³/mol. The molecule has 1 N–H and O–H groups in total. The fraction of sp³-hybridized carbons (Fsp3) is 0.667. The Balaban J connectivity index is 2.13. The monoisotopic (exact) mass is 326 g/mol. The molecule has 1 unspecified atom stereocenters. The van der Waals surface area contributed by atoms with Crippen molar-refractivity contribution in [2.24, 2.45) is 0 Å². The Bertz CT molecular complexity index is 526. The number of aromatic nitrogens is 2. The van der Waals surface area contributed by atoms with Gasteiger partial charge < -0.3 is 14.9 Å². The van der Waals surface area contributed by atoms with E-state index in [1.54, 1.807) is 7.05 Å². The number of hydrogen-bond donors (Lipinski definition) is 1. The summed E-state index contributed by atoms with van der Waals surface area (Å²) in [5.74, 6) is 0.801. The lowest BCUT2D eigenvalue weighted by Crippen LogP contribution is -2.48. The second-order valence-corrected chi connectivity index (χ2v) is 6.06. The van der Waals surface area contributed by atoms with Gasteiger partial charge in [0.2, 0.25) is 5.28 Å². The summed E-state index contributed by atoms with van der Waals surface area (Å²) in [5.41, 5.74) is 0.950. The fourth-order valence-electron chi connectivity index (χ4n) is 2.73. The van der Waals surface area contributed by atoms with Crippen molar-refractivity contribution < 1.29 is 9.90 Å². The van der Waals surface area contributed by atoms with Gasteiger partial charge in [0, 0.05) is 31.9 Å². The summed E-state index contributed by atoms with van der Waals surface area (Å²) in [7, 11) is 1.62. The van der Waals surface area contributed by atoms with Crippen molar-refractivity contribution in [3.8, 4) is 0 Å². The molecule has 6 nitrogen and oxygen atoms in total. The Labute approximate surface area is 136 Å². The maximum Gasteiger partial charge on any atom is 0.407 e. The highest BCUT2D eigenvalue weighted by atomic mass is 35.5. The molecule has 1 aliphatic rings. The lowest BCUT2D eigenvalue weighted by Gasteiger charge is -2.37. The van der Waals surface area contributed by atoms with Crippen molar-refractivity contribution in [1.82, 2.24) is 14.9 Å². The number of aryl methyl sites for hydroxylation is 1. The summed E-state index contributed by atoms with van der Waals surface area (Å²) in [6.45, 7) is 3.65.